The predicted octanol–water partition coefficient (Wildman–Crippen LogP) is 5.23. The maximum absolute atomic E-state index is 13.0. The molecule has 2 atom stereocenters. The third-order valence-electron chi connectivity index (χ3n) is 5.87. The van der Waals surface area contributed by atoms with Crippen molar-refractivity contribution in [3.05, 3.63) is 38.2 Å². The first kappa shape index (κ1) is 19.6. The summed E-state index contributed by atoms with van der Waals surface area (Å²) in [6.07, 6.45) is 2.75. The molecule has 1 aromatic carbocycles. The number of halogens is 1. The van der Waals surface area contributed by atoms with Crippen LogP contribution >= 0.6 is 27.3 Å². The van der Waals surface area contributed by atoms with E-state index < -0.39 is 0 Å². The van der Waals surface area contributed by atoms with Crippen molar-refractivity contribution in [1.82, 2.24) is 5.32 Å². The highest BCUT2D eigenvalue weighted by atomic mass is 79.9. The number of carbonyl (C=O) groups is 1. The number of ether oxygens (including phenoxy) is 1. The van der Waals surface area contributed by atoms with Crippen LogP contribution in [0.1, 0.15) is 59.7 Å². The summed E-state index contributed by atoms with van der Waals surface area (Å²) >= 11 is 5.07. The molecule has 0 spiro atoms. The van der Waals surface area contributed by atoms with Gasteiger partial charge in [-0.15, -0.1) is 11.3 Å². The second-order valence-corrected chi connectivity index (χ2v) is 10.6. The van der Waals surface area contributed by atoms with Crippen LogP contribution in [0.15, 0.2) is 16.6 Å². The number of benzene rings is 1. The van der Waals surface area contributed by atoms with Gasteiger partial charge in [-0.3, -0.25) is 4.79 Å². The van der Waals surface area contributed by atoms with Crippen molar-refractivity contribution in [3.63, 3.8) is 0 Å². The number of hydrogen-bond acceptors (Lipinski definition) is 5. The third-order valence-corrected chi connectivity index (χ3v) is 7.66. The molecule has 2 aromatic rings. The van der Waals surface area contributed by atoms with E-state index in [4.69, 9.17) is 4.74 Å². The SMILES string of the molecule is COc1cc(C2NC(=O)c3c(sc4c3CCC(C(C)(C)C)C4)N2)cc(Br)c1O. The maximum atomic E-state index is 13.0. The molecular formula is C21H25BrN2O3S. The number of rotatable bonds is 2. The molecule has 2 unspecified atom stereocenters. The summed E-state index contributed by atoms with van der Waals surface area (Å²) in [6, 6.07) is 3.54. The van der Waals surface area contributed by atoms with Crippen LogP contribution in [-0.4, -0.2) is 18.1 Å². The van der Waals surface area contributed by atoms with Crippen molar-refractivity contribution in [2.45, 2.75) is 46.2 Å². The highest BCUT2D eigenvalue weighted by molar-refractivity contribution is 9.10. The number of carbonyl (C=O) groups excluding carboxylic acids is 1. The minimum Gasteiger partial charge on any atom is -0.503 e. The maximum Gasteiger partial charge on any atom is 0.256 e. The average Bonchev–Trinajstić information content (AvgIpc) is 3.01. The number of phenols is 1. The lowest BCUT2D eigenvalue weighted by molar-refractivity contribution is 0.0934. The fraction of sp³-hybridized carbons (Fsp3) is 0.476. The summed E-state index contributed by atoms with van der Waals surface area (Å²) in [5, 5.41) is 17.5. The van der Waals surface area contributed by atoms with E-state index in [2.05, 4.69) is 47.3 Å². The molecule has 0 fully saturated rings. The number of nitrogens with one attached hydrogen (secondary N) is 2. The lowest BCUT2D eigenvalue weighted by Gasteiger charge is -2.34. The Morgan fingerprint density at radius 2 is 2.04 bits per heavy atom. The van der Waals surface area contributed by atoms with Crippen LogP contribution in [0.2, 0.25) is 0 Å². The van der Waals surface area contributed by atoms with Crippen molar-refractivity contribution in [2.24, 2.45) is 11.3 Å². The molecule has 1 aliphatic carbocycles. The Balaban J connectivity index is 1.66. The highest BCUT2D eigenvalue weighted by Gasteiger charge is 2.36. The second kappa shape index (κ2) is 6.95. The van der Waals surface area contributed by atoms with Crippen molar-refractivity contribution < 1.29 is 14.6 Å². The Bertz CT molecular complexity index is 948. The number of aromatic hydroxyl groups is 1. The Morgan fingerprint density at radius 3 is 2.71 bits per heavy atom. The molecule has 1 aromatic heterocycles. The molecule has 5 nitrogen and oxygen atoms in total. The minimum absolute atomic E-state index is 0.0337. The van der Waals surface area contributed by atoms with Crippen molar-refractivity contribution in [3.8, 4) is 11.5 Å². The van der Waals surface area contributed by atoms with Gasteiger partial charge in [-0.25, -0.2) is 0 Å². The number of methoxy groups -OCH3 is 1. The summed E-state index contributed by atoms with van der Waals surface area (Å²) in [7, 11) is 1.51. The zero-order valence-electron chi connectivity index (χ0n) is 16.5. The number of phenolic OH excluding ortho intramolecular Hbond substituents is 1. The minimum atomic E-state index is -0.371. The van der Waals surface area contributed by atoms with E-state index in [0.717, 1.165) is 35.4 Å². The molecule has 2 aliphatic rings. The molecule has 3 N–H and O–H groups in total. The Labute approximate surface area is 177 Å². The third kappa shape index (κ3) is 3.28. The van der Waals surface area contributed by atoms with Crippen LogP contribution in [0, 0.1) is 11.3 Å². The number of anilines is 1. The Hall–Kier alpha value is -1.73. The van der Waals surface area contributed by atoms with Gasteiger partial charge in [0.2, 0.25) is 0 Å². The summed E-state index contributed by atoms with van der Waals surface area (Å²) in [4.78, 5) is 14.3. The smallest absolute Gasteiger partial charge is 0.256 e. The van der Waals surface area contributed by atoms with Gasteiger partial charge in [-0.05, 0) is 69.8 Å². The Morgan fingerprint density at radius 1 is 1.29 bits per heavy atom. The molecule has 4 rings (SSSR count). The molecule has 0 radical (unpaired) electrons. The molecule has 2 heterocycles. The van der Waals surface area contributed by atoms with E-state index in [1.165, 1.54) is 17.6 Å². The van der Waals surface area contributed by atoms with Crippen LogP contribution in [0.4, 0.5) is 5.00 Å². The first-order valence-electron chi connectivity index (χ1n) is 9.47. The van der Waals surface area contributed by atoms with E-state index in [9.17, 15) is 9.90 Å². The van der Waals surface area contributed by atoms with Crippen molar-refractivity contribution in [1.29, 1.82) is 0 Å². The van der Waals surface area contributed by atoms with Gasteiger partial charge in [0.05, 0.1) is 17.1 Å². The van der Waals surface area contributed by atoms with Gasteiger partial charge in [0.1, 0.15) is 11.2 Å². The molecule has 1 amide bonds. The van der Waals surface area contributed by atoms with Gasteiger partial charge in [-0.1, -0.05) is 20.8 Å². The van der Waals surface area contributed by atoms with Gasteiger partial charge in [0, 0.05) is 4.88 Å². The van der Waals surface area contributed by atoms with Crippen molar-refractivity contribution >= 4 is 38.2 Å². The van der Waals surface area contributed by atoms with E-state index in [0.29, 0.717) is 16.1 Å². The molecule has 0 bridgehead atoms. The standard InChI is InChI=1S/C21H25BrN2O3S/c1-21(2,3)11-5-6-12-15(9-11)28-20-16(12)19(26)23-18(24-20)10-7-13(22)17(25)14(8-10)27-4/h7-8,11,18,24-25H,5-6,9H2,1-4H3,(H,23,26). The first-order chi connectivity index (χ1) is 13.2. The van der Waals surface area contributed by atoms with Crippen LogP contribution in [0.3, 0.4) is 0 Å². The Kier molecular flexibility index (Phi) is 4.86. The zero-order valence-corrected chi connectivity index (χ0v) is 18.9. The molecule has 150 valence electrons. The molecule has 28 heavy (non-hydrogen) atoms. The van der Waals surface area contributed by atoms with E-state index in [1.807, 2.05) is 0 Å². The summed E-state index contributed by atoms with van der Waals surface area (Å²) < 4.78 is 5.78. The van der Waals surface area contributed by atoms with Gasteiger partial charge in [0.25, 0.3) is 5.91 Å². The van der Waals surface area contributed by atoms with Gasteiger partial charge in [-0.2, -0.15) is 0 Å². The van der Waals surface area contributed by atoms with E-state index >= 15 is 0 Å². The van der Waals surface area contributed by atoms with E-state index in [-0.39, 0.29) is 23.2 Å². The quantitative estimate of drug-likeness (QED) is 0.568. The van der Waals surface area contributed by atoms with E-state index in [1.54, 1.807) is 23.5 Å². The molecule has 1 aliphatic heterocycles. The summed E-state index contributed by atoms with van der Waals surface area (Å²) in [6.45, 7) is 6.90. The number of thiophene rings is 1. The zero-order chi connectivity index (χ0) is 20.2. The topological polar surface area (TPSA) is 70.6 Å². The average molecular weight is 465 g/mol. The number of fused-ring (bicyclic) bond motifs is 3. The number of amides is 1. The molecule has 7 heteroatoms. The highest BCUT2D eigenvalue weighted by Crippen LogP contribution is 2.46. The fourth-order valence-electron chi connectivity index (χ4n) is 4.12. The van der Waals surface area contributed by atoms with Gasteiger partial charge < -0.3 is 20.5 Å². The predicted molar refractivity (Wildman–Crippen MR) is 115 cm³/mol. The first-order valence-corrected chi connectivity index (χ1v) is 11.1. The van der Waals surface area contributed by atoms with Crippen LogP contribution in [0.5, 0.6) is 11.5 Å². The largest absolute Gasteiger partial charge is 0.503 e. The lowest BCUT2D eigenvalue weighted by atomic mass is 9.72. The van der Waals surface area contributed by atoms with Gasteiger partial charge in [0.15, 0.2) is 11.5 Å². The summed E-state index contributed by atoms with van der Waals surface area (Å²) in [5.41, 5.74) is 3.12. The summed E-state index contributed by atoms with van der Waals surface area (Å²) in [5.74, 6) is 1.02. The normalized spacial score (nSPS) is 21.4. The molecule has 0 saturated carbocycles. The van der Waals surface area contributed by atoms with Crippen LogP contribution in [0.25, 0.3) is 0 Å². The van der Waals surface area contributed by atoms with Crippen molar-refractivity contribution in [2.75, 3.05) is 12.4 Å². The monoisotopic (exact) mass is 464 g/mol. The molecular weight excluding hydrogens is 440 g/mol. The molecule has 0 saturated heterocycles. The lowest BCUT2D eigenvalue weighted by Crippen LogP contribution is -2.38. The fourth-order valence-corrected chi connectivity index (χ4v) is 5.93. The van der Waals surface area contributed by atoms with Gasteiger partial charge >= 0.3 is 0 Å². The second-order valence-electron chi connectivity index (χ2n) is 8.62. The van der Waals surface area contributed by atoms with Crippen LogP contribution in [-0.2, 0) is 12.8 Å². The number of hydrogen-bond donors (Lipinski definition) is 3. The van der Waals surface area contributed by atoms with Crippen LogP contribution < -0.4 is 15.4 Å².